The second-order valence-electron chi connectivity index (χ2n) is 5.54. The molecular formula is C19H21FN2O3. The molecule has 0 aliphatic heterocycles. The number of amides is 2. The van der Waals surface area contributed by atoms with E-state index in [1.54, 1.807) is 31.2 Å². The molecule has 5 nitrogen and oxygen atoms in total. The lowest BCUT2D eigenvalue weighted by molar-refractivity contribution is -0.142. The van der Waals surface area contributed by atoms with Crippen molar-refractivity contribution in [1.82, 2.24) is 10.2 Å². The molecule has 0 saturated carbocycles. The van der Waals surface area contributed by atoms with Crippen LogP contribution in [0.2, 0.25) is 0 Å². The van der Waals surface area contributed by atoms with Crippen molar-refractivity contribution >= 4 is 11.8 Å². The first kappa shape index (κ1) is 18.4. The van der Waals surface area contributed by atoms with Gasteiger partial charge in [0.1, 0.15) is 17.6 Å². The Balaban J connectivity index is 2.10. The minimum absolute atomic E-state index is 0.186. The largest absolute Gasteiger partial charge is 0.484 e. The summed E-state index contributed by atoms with van der Waals surface area (Å²) < 4.78 is 18.6. The molecule has 0 aliphatic rings. The quantitative estimate of drug-likeness (QED) is 0.839. The molecule has 0 aromatic heterocycles. The summed E-state index contributed by atoms with van der Waals surface area (Å²) in [7, 11) is 1.51. The average molecular weight is 344 g/mol. The van der Waals surface area contributed by atoms with Crippen molar-refractivity contribution in [2.45, 2.75) is 19.5 Å². The molecule has 6 heteroatoms. The van der Waals surface area contributed by atoms with Gasteiger partial charge < -0.3 is 15.0 Å². The number of nitrogens with one attached hydrogen (secondary N) is 1. The normalized spacial score (nSPS) is 11.5. The number of hydrogen-bond acceptors (Lipinski definition) is 3. The van der Waals surface area contributed by atoms with Gasteiger partial charge in [0.15, 0.2) is 6.61 Å². The molecule has 0 spiro atoms. The first-order valence-corrected chi connectivity index (χ1v) is 7.94. The lowest BCUT2D eigenvalue weighted by atomic mass is 10.1. The average Bonchev–Trinajstić information content (AvgIpc) is 2.65. The van der Waals surface area contributed by atoms with Crippen molar-refractivity contribution in [2.75, 3.05) is 13.7 Å². The van der Waals surface area contributed by atoms with Gasteiger partial charge in [-0.05, 0) is 36.8 Å². The van der Waals surface area contributed by atoms with Crippen LogP contribution < -0.4 is 10.1 Å². The summed E-state index contributed by atoms with van der Waals surface area (Å²) >= 11 is 0. The van der Waals surface area contributed by atoms with Gasteiger partial charge in [-0.3, -0.25) is 9.59 Å². The van der Waals surface area contributed by atoms with E-state index >= 15 is 0 Å². The van der Waals surface area contributed by atoms with Crippen LogP contribution in [0.3, 0.4) is 0 Å². The Kier molecular flexibility index (Phi) is 6.51. The molecule has 132 valence electrons. The number of hydrogen-bond donors (Lipinski definition) is 1. The number of nitrogens with zero attached hydrogens (tertiary/aromatic N) is 1. The van der Waals surface area contributed by atoms with Crippen LogP contribution in [0.15, 0.2) is 54.6 Å². The van der Waals surface area contributed by atoms with E-state index < -0.39 is 6.04 Å². The van der Waals surface area contributed by atoms with Gasteiger partial charge in [0, 0.05) is 13.6 Å². The van der Waals surface area contributed by atoms with Crippen molar-refractivity contribution in [1.29, 1.82) is 0 Å². The van der Waals surface area contributed by atoms with Crippen molar-refractivity contribution in [3.8, 4) is 5.75 Å². The predicted octanol–water partition coefficient (Wildman–Crippen LogP) is 2.37. The summed E-state index contributed by atoms with van der Waals surface area (Å²) in [6.07, 6.45) is 0. The lowest BCUT2D eigenvalue weighted by Gasteiger charge is -2.28. The number of benzene rings is 2. The Labute approximate surface area is 146 Å². The molecule has 0 heterocycles. The van der Waals surface area contributed by atoms with E-state index in [1.165, 1.54) is 24.1 Å². The topological polar surface area (TPSA) is 58.6 Å². The van der Waals surface area contributed by atoms with Crippen LogP contribution in [0.4, 0.5) is 4.39 Å². The first-order chi connectivity index (χ1) is 12.0. The first-order valence-electron chi connectivity index (χ1n) is 7.94. The van der Waals surface area contributed by atoms with Gasteiger partial charge >= 0.3 is 0 Å². The fourth-order valence-electron chi connectivity index (χ4n) is 2.32. The van der Waals surface area contributed by atoms with Crippen molar-refractivity contribution in [3.05, 3.63) is 66.0 Å². The highest BCUT2D eigenvalue weighted by molar-refractivity contribution is 5.87. The highest BCUT2D eigenvalue weighted by Gasteiger charge is 2.25. The maximum atomic E-state index is 13.1. The Morgan fingerprint density at radius 3 is 2.36 bits per heavy atom. The third-order valence-corrected chi connectivity index (χ3v) is 3.79. The third-order valence-electron chi connectivity index (χ3n) is 3.79. The number of carbonyl (C=O) groups excluding carboxylic acids is 2. The second kappa shape index (κ2) is 8.82. The molecule has 2 aromatic rings. The summed E-state index contributed by atoms with van der Waals surface area (Å²) in [5.74, 6) is -0.391. The molecule has 1 atom stereocenters. The molecule has 2 aromatic carbocycles. The number of likely N-dealkylation sites (N-methyl/N-ethyl adjacent to an activating group) is 1. The van der Waals surface area contributed by atoms with E-state index in [0.29, 0.717) is 5.75 Å². The molecule has 0 saturated heterocycles. The standard InChI is InChI=1S/C19H21FN2O3/c1-14(19(24)21-2)22(12-15-8-10-16(20)11-9-15)18(23)13-25-17-6-4-3-5-7-17/h3-11,14H,12-13H2,1-2H3,(H,21,24)/t14-/m0/s1. The fraction of sp³-hybridized carbons (Fsp3) is 0.263. The molecular weight excluding hydrogens is 323 g/mol. The van der Waals surface area contributed by atoms with E-state index in [1.807, 2.05) is 18.2 Å². The van der Waals surface area contributed by atoms with Gasteiger partial charge in [-0.15, -0.1) is 0 Å². The Hall–Kier alpha value is -2.89. The van der Waals surface area contributed by atoms with Gasteiger partial charge in [0.25, 0.3) is 5.91 Å². The number of carbonyl (C=O) groups is 2. The van der Waals surface area contributed by atoms with Gasteiger partial charge in [0.05, 0.1) is 0 Å². The minimum Gasteiger partial charge on any atom is -0.484 e. The van der Waals surface area contributed by atoms with E-state index in [9.17, 15) is 14.0 Å². The highest BCUT2D eigenvalue weighted by atomic mass is 19.1. The molecule has 0 unspecified atom stereocenters. The molecule has 2 rings (SSSR count). The van der Waals surface area contributed by atoms with E-state index in [0.717, 1.165) is 5.56 Å². The van der Waals surface area contributed by atoms with E-state index in [4.69, 9.17) is 4.74 Å². The van der Waals surface area contributed by atoms with Crippen molar-refractivity contribution in [2.24, 2.45) is 0 Å². The number of rotatable bonds is 7. The molecule has 0 bridgehead atoms. The number of para-hydroxylation sites is 1. The molecule has 0 fully saturated rings. The van der Waals surface area contributed by atoms with Crippen LogP contribution in [0, 0.1) is 5.82 Å². The SMILES string of the molecule is CNC(=O)[C@H](C)N(Cc1ccc(F)cc1)C(=O)COc1ccccc1. The Morgan fingerprint density at radius 1 is 1.12 bits per heavy atom. The van der Waals surface area contributed by atoms with Crippen LogP contribution in [-0.4, -0.2) is 36.4 Å². The van der Waals surface area contributed by atoms with Crippen LogP contribution >= 0.6 is 0 Å². The van der Waals surface area contributed by atoms with Crippen LogP contribution in [0.1, 0.15) is 12.5 Å². The summed E-state index contributed by atoms with van der Waals surface area (Å²) in [6, 6.07) is 14.1. The van der Waals surface area contributed by atoms with Crippen LogP contribution in [-0.2, 0) is 16.1 Å². The van der Waals surface area contributed by atoms with Crippen molar-refractivity contribution < 1.29 is 18.7 Å². The van der Waals surface area contributed by atoms with Gasteiger partial charge in [0.2, 0.25) is 5.91 Å². The molecule has 25 heavy (non-hydrogen) atoms. The van der Waals surface area contributed by atoms with E-state index in [2.05, 4.69) is 5.32 Å². The maximum absolute atomic E-state index is 13.1. The zero-order valence-electron chi connectivity index (χ0n) is 14.2. The number of halogens is 1. The zero-order chi connectivity index (χ0) is 18.2. The summed E-state index contributed by atoms with van der Waals surface area (Å²) in [5, 5.41) is 2.54. The molecule has 1 N–H and O–H groups in total. The van der Waals surface area contributed by atoms with Crippen molar-refractivity contribution in [3.63, 3.8) is 0 Å². The van der Waals surface area contributed by atoms with Gasteiger partial charge in [-0.2, -0.15) is 0 Å². The zero-order valence-corrected chi connectivity index (χ0v) is 14.2. The van der Waals surface area contributed by atoms with E-state index in [-0.39, 0.29) is 30.8 Å². The summed E-state index contributed by atoms with van der Waals surface area (Å²) in [5.41, 5.74) is 0.727. The van der Waals surface area contributed by atoms with Gasteiger partial charge in [-0.1, -0.05) is 30.3 Å². The summed E-state index contributed by atoms with van der Waals surface area (Å²) in [4.78, 5) is 26.0. The third kappa shape index (κ3) is 5.31. The Morgan fingerprint density at radius 2 is 1.76 bits per heavy atom. The summed E-state index contributed by atoms with van der Waals surface area (Å²) in [6.45, 7) is 1.64. The van der Waals surface area contributed by atoms with Crippen LogP contribution in [0.25, 0.3) is 0 Å². The second-order valence-corrected chi connectivity index (χ2v) is 5.54. The predicted molar refractivity (Wildman–Crippen MR) is 92.4 cm³/mol. The fourth-order valence-corrected chi connectivity index (χ4v) is 2.32. The maximum Gasteiger partial charge on any atom is 0.261 e. The molecule has 0 radical (unpaired) electrons. The minimum atomic E-state index is -0.679. The number of ether oxygens (including phenoxy) is 1. The van der Waals surface area contributed by atoms with Crippen LogP contribution in [0.5, 0.6) is 5.75 Å². The van der Waals surface area contributed by atoms with Gasteiger partial charge in [-0.25, -0.2) is 4.39 Å². The highest BCUT2D eigenvalue weighted by Crippen LogP contribution is 2.13. The Bertz CT molecular complexity index is 704. The molecule has 2 amide bonds. The lowest BCUT2D eigenvalue weighted by Crippen LogP contribution is -2.48. The monoisotopic (exact) mass is 344 g/mol. The smallest absolute Gasteiger partial charge is 0.261 e. The molecule has 0 aliphatic carbocycles.